The van der Waals surface area contributed by atoms with Crippen LogP contribution in [0.15, 0.2) is 24.3 Å². The van der Waals surface area contributed by atoms with Crippen LogP contribution in [0.2, 0.25) is 0 Å². The van der Waals surface area contributed by atoms with E-state index in [-0.39, 0.29) is 18.7 Å². The molecule has 108 valence electrons. The van der Waals surface area contributed by atoms with Crippen molar-refractivity contribution >= 4 is 27.6 Å². The Bertz CT molecular complexity index is 639. The van der Waals surface area contributed by atoms with Gasteiger partial charge in [-0.3, -0.25) is 9.59 Å². The number of Topliss-reactive ketones (excluding diaryl/α,β-unsaturated/α-hetero) is 1. The molecular weight excluding hydrogens is 285 g/mol. The first-order valence-corrected chi connectivity index (χ1v) is 7.64. The van der Waals surface area contributed by atoms with E-state index in [1.165, 1.54) is 4.90 Å². The SMILES string of the molecule is CCC(=O)c1ccc(N2CC(S(=O)(=O)F)CC2=O)cc1. The normalized spacial score (nSPS) is 19.4. The Balaban J connectivity index is 2.21. The van der Waals surface area contributed by atoms with Crippen LogP contribution >= 0.6 is 0 Å². The number of benzene rings is 1. The molecule has 1 aromatic rings. The summed E-state index contributed by atoms with van der Waals surface area (Å²) < 4.78 is 34.6. The summed E-state index contributed by atoms with van der Waals surface area (Å²) in [6.45, 7) is 1.55. The maximum absolute atomic E-state index is 12.9. The molecule has 1 aliphatic heterocycles. The van der Waals surface area contributed by atoms with Gasteiger partial charge in [0.1, 0.15) is 5.25 Å². The Hall–Kier alpha value is -1.76. The van der Waals surface area contributed by atoms with Crippen LogP contribution in [0.3, 0.4) is 0 Å². The summed E-state index contributed by atoms with van der Waals surface area (Å²) >= 11 is 0. The van der Waals surface area contributed by atoms with Crippen LogP contribution in [0.1, 0.15) is 30.1 Å². The van der Waals surface area contributed by atoms with Crippen LogP contribution < -0.4 is 4.90 Å². The lowest BCUT2D eigenvalue weighted by Crippen LogP contribution is -2.26. The van der Waals surface area contributed by atoms with E-state index in [4.69, 9.17) is 0 Å². The van der Waals surface area contributed by atoms with Crippen LogP contribution in [0.4, 0.5) is 9.57 Å². The van der Waals surface area contributed by atoms with E-state index in [0.29, 0.717) is 17.7 Å². The number of ketones is 1. The summed E-state index contributed by atoms with van der Waals surface area (Å²) in [7, 11) is -4.72. The van der Waals surface area contributed by atoms with Crippen molar-refractivity contribution in [3.8, 4) is 0 Å². The van der Waals surface area contributed by atoms with Crippen molar-refractivity contribution in [1.82, 2.24) is 0 Å². The van der Waals surface area contributed by atoms with Crippen molar-refractivity contribution in [2.45, 2.75) is 25.0 Å². The van der Waals surface area contributed by atoms with E-state index in [1.807, 2.05) is 0 Å². The molecule has 1 amide bonds. The molecule has 0 N–H and O–H groups in total. The van der Waals surface area contributed by atoms with Gasteiger partial charge in [-0.05, 0) is 24.3 Å². The molecule has 1 saturated heterocycles. The number of halogens is 1. The molecule has 5 nitrogen and oxygen atoms in total. The molecule has 0 saturated carbocycles. The van der Waals surface area contributed by atoms with Crippen molar-refractivity contribution in [2.75, 3.05) is 11.4 Å². The highest BCUT2D eigenvalue weighted by atomic mass is 32.3. The molecule has 20 heavy (non-hydrogen) atoms. The third-order valence-electron chi connectivity index (χ3n) is 3.31. The molecular formula is C13H14FNO4S. The van der Waals surface area contributed by atoms with Gasteiger partial charge in [0.05, 0.1) is 0 Å². The minimum absolute atomic E-state index is 0.0199. The highest BCUT2D eigenvalue weighted by Crippen LogP contribution is 2.26. The molecule has 1 heterocycles. The Labute approximate surface area is 116 Å². The summed E-state index contributed by atoms with van der Waals surface area (Å²) in [5.41, 5.74) is 0.992. The number of hydrogen-bond acceptors (Lipinski definition) is 4. The monoisotopic (exact) mass is 299 g/mol. The fourth-order valence-corrected chi connectivity index (χ4v) is 2.81. The summed E-state index contributed by atoms with van der Waals surface area (Å²) in [5, 5.41) is -1.31. The molecule has 7 heteroatoms. The number of carbonyl (C=O) groups excluding carboxylic acids is 2. The number of carbonyl (C=O) groups is 2. The van der Waals surface area contributed by atoms with Gasteiger partial charge in [-0.25, -0.2) is 0 Å². The van der Waals surface area contributed by atoms with Crippen molar-refractivity contribution in [3.63, 3.8) is 0 Å². The molecule has 1 aromatic carbocycles. The lowest BCUT2D eigenvalue weighted by atomic mass is 10.1. The van der Waals surface area contributed by atoms with Gasteiger partial charge < -0.3 is 4.90 Å². The van der Waals surface area contributed by atoms with Gasteiger partial charge in [-0.1, -0.05) is 6.92 Å². The van der Waals surface area contributed by atoms with E-state index in [9.17, 15) is 21.9 Å². The van der Waals surface area contributed by atoms with Gasteiger partial charge in [0.15, 0.2) is 5.78 Å². The van der Waals surface area contributed by atoms with Gasteiger partial charge >= 0.3 is 10.2 Å². The van der Waals surface area contributed by atoms with Gasteiger partial charge in [0.25, 0.3) is 0 Å². The number of hydrogen-bond donors (Lipinski definition) is 0. The zero-order valence-corrected chi connectivity index (χ0v) is 11.7. The van der Waals surface area contributed by atoms with Crippen molar-refractivity contribution in [2.24, 2.45) is 0 Å². The van der Waals surface area contributed by atoms with Crippen LogP contribution in [0, 0.1) is 0 Å². The average Bonchev–Trinajstić information content (AvgIpc) is 2.80. The Morgan fingerprint density at radius 1 is 1.35 bits per heavy atom. The Morgan fingerprint density at radius 3 is 2.40 bits per heavy atom. The van der Waals surface area contributed by atoms with Gasteiger partial charge in [-0.15, -0.1) is 3.89 Å². The van der Waals surface area contributed by atoms with Crippen molar-refractivity contribution < 1.29 is 21.9 Å². The number of amides is 1. The molecule has 0 spiro atoms. The van der Waals surface area contributed by atoms with Gasteiger partial charge in [0.2, 0.25) is 5.91 Å². The first kappa shape index (κ1) is 14.6. The average molecular weight is 299 g/mol. The quantitative estimate of drug-likeness (QED) is 0.626. The van der Waals surface area contributed by atoms with Gasteiger partial charge in [0, 0.05) is 30.6 Å². The first-order chi connectivity index (χ1) is 9.32. The Morgan fingerprint density at radius 2 is 1.95 bits per heavy atom. The zero-order valence-electron chi connectivity index (χ0n) is 10.9. The smallest absolute Gasteiger partial charge is 0.307 e. The van der Waals surface area contributed by atoms with Crippen molar-refractivity contribution in [3.05, 3.63) is 29.8 Å². The minimum atomic E-state index is -4.72. The number of rotatable bonds is 4. The summed E-state index contributed by atoms with van der Waals surface area (Å²) in [4.78, 5) is 24.4. The van der Waals surface area contributed by atoms with Crippen molar-refractivity contribution in [1.29, 1.82) is 0 Å². The molecule has 1 unspecified atom stereocenters. The van der Waals surface area contributed by atoms with E-state index in [2.05, 4.69) is 0 Å². The van der Waals surface area contributed by atoms with E-state index >= 15 is 0 Å². The maximum Gasteiger partial charge on any atom is 0.307 e. The largest absolute Gasteiger partial charge is 0.311 e. The summed E-state index contributed by atoms with van der Waals surface area (Å²) in [6.07, 6.45) is 0.0264. The van der Waals surface area contributed by atoms with E-state index in [1.54, 1.807) is 31.2 Å². The second-order valence-corrected chi connectivity index (χ2v) is 6.25. The number of nitrogens with zero attached hydrogens (tertiary/aromatic N) is 1. The third kappa shape index (κ3) is 2.87. The molecule has 1 atom stereocenters. The molecule has 0 aliphatic carbocycles. The Kier molecular flexibility index (Phi) is 3.89. The molecule has 0 radical (unpaired) electrons. The molecule has 0 bridgehead atoms. The zero-order chi connectivity index (χ0) is 14.9. The second kappa shape index (κ2) is 5.32. The third-order valence-corrected chi connectivity index (χ3v) is 4.42. The lowest BCUT2D eigenvalue weighted by Gasteiger charge is -2.16. The molecule has 2 rings (SSSR count). The van der Waals surface area contributed by atoms with Crippen LogP contribution in [-0.2, 0) is 15.0 Å². The minimum Gasteiger partial charge on any atom is -0.311 e. The summed E-state index contributed by atoms with van der Waals surface area (Å²) in [6, 6.07) is 6.28. The van der Waals surface area contributed by atoms with Gasteiger partial charge in [-0.2, -0.15) is 8.42 Å². The summed E-state index contributed by atoms with van der Waals surface area (Å²) in [5.74, 6) is -0.459. The van der Waals surface area contributed by atoms with Crippen LogP contribution in [0.5, 0.6) is 0 Å². The highest BCUT2D eigenvalue weighted by molar-refractivity contribution is 7.87. The van der Waals surface area contributed by atoms with Crippen LogP contribution in [-0.4, -0.2) is 31.9 Å². The first-order valence-electron chi connectivity index (χ1n) is 6.20. The second-order valence-electron chi connectivity index (χ2n) is 4.63. The van der Waals surface area contributed by atoms with E-state index in [0.717, 1.165) is 0 Å². The fourth-order valence-electron chi connectivity index (χ4n) is 2.14. The maximum atomic E-state index is 12.9. The van der Waals surface area contributed by atoms with Crippen LogP contribution in [0.25, 0.3) is 0 Å². The molecule has 0 aromatic heterocycles. The molecule has 1 aliphatic rings. The molecule has 1 fully saturated rings. The van der Waals surface area contributed by atoms with E-state index < -0.39 is 21.4 Å². The predicted molar refractivity (Wildman–Crippen MR) is 71.8 cm³/mol. The fraction of sp³-hybridized carbons (Fsp3) is 0.385. The lowest BCUT2D eigenvalue weighted by molar-refractivity contribution is -0.117. The predicted octanol–water partition coefficient (Wildman–Crippen LogP) is 1.68. The standard InChI is InChI=1S/C13H14FNO4S/c1-2-12(16)9-3-5-10(6-4-9)15-8-11(7-13(15)17)20(14,18)19/h3-6,11H,2,7-8H2,1H3. The highest BCUT2D eigenvalue weighted by Gasteiger charge is 2.39. The number of anilines is 1. The topological polar surface area (TPSA) is 71.5 Å².